The Labute approximate surface area is 151 Å². The third-order valence-electron chi connectivity index (χ3n) is 3.26. The van der Waals surface area contributed by atoms with Crippen molar-refractivity contribution in [3.05, 3.63) is 61.6 Å². The maximum atomic E-state index is 12.0. The van der Waals surface area contributed by atoms with Crippen LogP contribution < -0.4 is 14.9 Å². The smallest absolute Gasteiger partial charge is 0.282 e. The number of hydrazone groups is 1. The molecule has 25 heavy (non-hydrogen) atoms. The molecule has 0 fully saturated rings. The van der Waals surface area contributed by atoms with Crippen molar-refractivity contribution < 1.29 is 19.2 Å². The van der Waals surface area contributed by atoms with Crippen molar-refractivity contribution in [2.75, 3.05) is 6.79 Å². The van der Waals surface area contributed by atoms with Gasteiger partial charge in [0.1, 0.15) is 0 Å². The van der Waals surface area contributed by atoms with Crippen LogP contribution in [0.1, 0.15) is 15.9 Å². The number of benzene rings is 2. The zero-order valence-electron chi connectivity index (χ0n) is 12.4. The van der Waals surface area contributed by atoms with E-state index in [4.69, 9.17) is 32.7 Å². The van der Waals surface area contributed by atoms with Crippen LogP contribution in [-0.4, -0.2) is 23.8 Å². The van der Waals surface area contributed by atoms with Crippen LogP contribution in [0.3, 0.4) is 0 Å². The molecule has 1 heterocycles. The Morgan fingerprint density at radius 1 is 1.24 bits per heavy atom. The van der Waals surface area contributed by atoms with Gasteiger partial charge in [0.15, 0.2) is 11.5 Å². The molecule has 0 saturated carbocycles. The molecule has 0 bridgehead atoms. The molecule has 10 heteroatoms. The molecule has 1 aliphatic heterocycles. The van der Waals surface area contributed by atoms with E-state index in [1.807, 2.05) is 0 Å². The number of carbonyl (C=O) groups excluding carboxylic acids is 1. The maximum Gasteiger partial charge on any atom is 0.282 e. The monoisotopic (exact) mass is 381 g/mol. The van der Waals surface area contributed by atoms with Gasteiger partial charge in [0.25, 0.3) is 11.6 Å². The van der Waals surface area contributed by atoms with Gasteiger partial charge in [-0.15, -0.1) is 0 Å². The van der Waals surface area contributed by atoms with Gasteiger partial charge in [0.2, 0.25) is 6.79 Å². The second-order valence-electron chi connectivity index (χ2n) is 4.84. The van der Waals surface area contributed by atoms with Crippen LogP contribution in [0.25, 0.3) is 0 Å². The molecule has 3 rings (SSSR count). The number of nitro groups is 1. The van der Waals surface area contributed by atoms with Gasteiger partial charge < -0.3 is 9.47 Å². The normalized spacial score (nSPS) is 12.4. The summed E-state index contributed by atoms with van der Waals surface area (Å²) in [5.74, 6) is 0.0567. The fourth-order valence-corrected chi connectivity index (χ4v) is 2.60. The van der Waals surface area contributed by atoms with Gasteiger partial charge in [0, 0.05) is 5.02 Å². The van der Waals surface area contributed by atoms with E-state index in [1.54, 1.807) is 0 Å². The number of nitro benzene ring substituents is 1. The van der Waals surface area contributed by atoms with Crippen LogP contribution in [-0.2, 0) is 0 Å². The minimum atomic E-state index is -0.582. The van der Waals surface area contributed by atoms with Crippen molar-refractivity contribution in [1.82, 2.24) is 5.43 Å². The number of nitrogens with one attached hydrogen (secondary N) is 1. The van der Waals surface area contributed by atoms with Crippen LogP contribution in [0.2, 0.25) is 10.0 Å². The number of halogens is 2. The van der Waals surface area contributed by atoms with E-state index in [1.165, 1.54) is 30.3 Å². The molecule has 1 amide bonds. The van der Waals surface area contributed by atoms with Crippen molar-refractivity contribution in [2.24, 2.45) is 5.10 Å². The quantitative estimate of drug-likeness (QED) is 0.496. The van der Waals surface area contributed by atoms with Crippen LogP contribution >= 0.6 is 23.2 Å². The number of amides is 1. The van der Waals surface area contributed by atoms with Gasteiger partial charge in [-0.3, -0.25) is 14.9 Å². The van der Waals surface area contributed by atoms with E-state index < -0.39 is 10.8 Å². The Balaban J connectivity index is 1.80. The molecule has 0 saturated heterocycles. The average Bonchev–Trinajstić information content (AvgIpc) is 3.01. The summed E-state index contributed by atoms with van der Waals surface area (Å²) in [6, 6.07) is 7.02. The molecule has 0 atom stereocenters. The zero-order chi connectivity index (χ0) is 18.0. The molecule has 0 aliphatic carbocycles. The number of hydrogen-bond acceptors (Lipinski definition) is 6. The Hall–Kier alpha value is -2.84. The fourth-order valence-electron chi connectivity index (χ4n) is 2.10. The lowest BCUT2D eigenvalue weighted by Gasteiger charge is -2.03. The number of nitrogens with zero attached hydrogens (tertiary/aromatic N) is 2. The zero-order valence-corrected chi connectivity index (χ0v) is 13.9. The predicted octanol–water partition coefficient (Wildman–Crippen LogP) is 3.39. The molecule has 0 radical (unpaired) electrons. The topological polar surface area (TPSA) is 103 Å². The lowest BCUT2D eigenvalue weighted by Crippen LogP contribution is -2.18. The third kappa shape index (κ3) is 3.65. The molecule has 2 aromatic carbocycles. The molecular formula is C15H9Cl2N3O5. The summed E-state index contributed by atoms with van der Waals surface area (Å²) in [5, 5.41) is 15.4. The fraction of sp³-hybridized carbons (Fsp3) is 0.0667. The molecular weight excluding hydrogens is 373 g/mol. The van der Waals surface area contributed by atoms with Gasteiger partial charge in [-0.05, 0) is 24.3 Å². The summed E-state index contributed by atoms with van der Waals surface area (Å²) < 4.78 is 10.3. The summed E-state index contributed by atoms with van der Waals surface area (Å²) >= 11 is 11.7. The van der Waals surface area contributed by atoms with Crippen LogP contribution in [0.15, 0.2) is 35.4 Å². The van der Waals surface area contributed by atoms with Gasteiger partial charge >= 0.3 is 0 Å². The van der Waals surface area contributed by atoms with Crippen molar-refractivity contribution in [3.63, 3.8) is 0 Å². The van der Waals surface area contributed by atoms with E-state index in [2.05, 4.69) is 10.5 Å². The molecule has 0 aromatic heterocycles. The lowest BCUT2D eigenvalue weighted by atomic mass is 10.1. The summed E-state index contributed by atoms with van der Waals surface area (Å²) in [6.45, 7) is -0.0150. The number of ether oxygens (including phenoxy) is 2. The third-order valence-corrected chi connectivity index (χ3v) is 3.81. The summed E-state index contributed by atoms with van der Waals surface area (Å²) in [7, 11) is 0. The molecule has 2 aromatic rings. The minimum absolute atomic E-state index is 0.0150. The van der Waals surface area contributed by atoms with Gasteiger partial charge in [-0.25, -0.2) is 5.43 Å². The van der Waals surface area contributed by atoms with Crippen molar-refractivity contribution >= 4 is 41.0 Å². The Kier molecular flexibility index (Phi) is 4.73. The van der Waals surface area contributed by atoms with Crippen molar-refractivity contribution in [2.45, 2.75) is 0 Å². The van der Waals surface area contributed by atoms with Crippen molar-refractivity contribution in [3.8, 4) is 11.5 Å². The lowest BCUT2D eigenvalue weighted by molar-refractivity contribution is -0.385. The van der Waals surface area contributed by atoms with Gasteiger partial charge in [-0.2, -0.15) is 5.10 Å². The maximum absolute atomic E-state index is 12.0. The first-order chi connectivity index (χ1) is 12.0. The van der Waals surface area contributed by atoms with E-state index >= 15 is 0 Å². The Bertz CT molecular complexity index is 901. The summed E-state index contributed by atoms with van der Waals surface area (Å²) in [4.78, 5) is 22.6. The standard InChI is InChI=1S/C15H9Cl2N3O5/c16-9-1-2-10(11(17)4-9)15(21)19-18-6-8-3-13-14(25-7-24-13)5-12(8)20(22)23/h1-6H,7H2,(H,19,21). The highest BCUT2D eigenvalue weighted by molar-refractivity contribution is 6.36. The molecule has 1 N–H and O–H groups in total. The number of fused-ring (bicyclic) bond motifs is 1. The molecule has 8 nitrogen and oxygen atoms in total. The summed E-state index contributed by atoms with van der Waals surface area (Å²) in [6.07, 6.45) is 1.14. The second kappa shape index (κ2) is 6.96. The van der Waals surface area contributed by atoms with E-state index in [0.717, 1.165) is 6.21 Å². The molecule has 0 spiro atoms. The molecule has 0 unspecified atom stereocenters. The highest BCUT2D eigenvalue weighted by atomic mass is 35.5. The van der Waals surface area contributed by atoms with Crippen LogP contribution in [0.4, 0.5) is 5.69 Å². The average molecular weight is 382 g/mol. The van der Waals surface area contributed by atoms with E-state index in [-0.39, 0.29) is 34.4 Å². The number of rotatable bonds is 4. The summed E-state index contributed by atoms with van der Waals surface area (Å²) in [5.41, 5.74) is 2.34. The Morgan fingerprint density at radius 2 is 1.96 bits per heavy atom. The highest BCUT2D eigenvalue weighted by Crippen LogP contribution is 2.37. The van der Waals surface area contributed by atoms with Gasteiger partial charge in [-0.1, -0.05) is 23.2 Å². The SMILES string of the molecule is O=C(NN=Cc1cc2c(cc1[N+](=O)[O-])OCO2)c1ccc(Cl)cc1Cl. The largest absolute Gasteiger partial charge is 0.454 e. The predicted molar refractivity (Wildman–Crippen MR) is 90.7 cm³/mol. The van der Waals surface area contributed by atoms with Crippen LogP contribution in [0, 0.1) is 10.1 Å². The number of hydrogen-bond donors (Lipinski definition) is 1. The first-order valence-electron chi connectivity index (χ1n) is 6.82. The first-order valence-corrected chi connectivity index (χ1v) is 7.58. The minimum Gasteiger partial charge on any atom is -0.454 e. The number of carbonyl (C=O) groups is 1. The first kappa shape index (κ1) is 17.0. The van der Waals surface area contributed by atoms with Gasteiger partial charge in [0.05, 0.1) is 33.4 Å². The van der Waals surface area contributed by atoms with E-state index in [0.29, 0.717) is 10.8 Å². The van der Waals surface area contributed by atoms with Crippen LogP contribution in [0.5, 0.6) is 11.5 Å². The second-order valence-corrected chi connectivity index (χ2v) is 5.69. The van der Waals surface area contributed by atoms with Crippen molar-refractivity contribution in [1.29, 1.82) is 0 Å². The highest BCUT2D eigenvalue weighted by Gasteiger charge is 2.22. The van der Waals surface area contributed by atoms with E-state index in [9.17, 15) is 14.9 Å². The molecule has 1 aliphatic rings. The Morgan fingerprint density at radius 3 is 2.64 bits per heavy atom. The molecule has 128 valence electrons.